The van der Waals surface area contributed by atoms with Crippen LogP contribution in [0.4, 0.5) is 10.6 Å². The minimum Gasteiger partial charge on any atom is -0.444 e. The van der Waals surface area contributed by atoms with Gasteiger partial charge in [-0.3, -0.25) is 0 Å². The molecule has 0 N–H and O–H groups in total. The van der Waals surface area contributed by atoms with E-state index >= 15 is 0 Å². The van der Waals surface area contributed by atoms with Gasteiger partial charge in [0.1, 0.15) is 22.6 Å². The standard InChI is InChI=1S/C17H24N4O2S/c1-11-9-24-15-13(11)14(18-10-19-15)21-7-6-12(8-21)20(5)16(22)23-17(2,3)4/h9-10,12H,6-8H2,1-5H3. The minimum atomic E-state index is -0.476. The smallest absolute Gasteiger partial charge is 0.410 e. The van der Waals surface area contributed by atoms with Crippen LogP contribution in [0.2, 0.25) is 0 Å². The van der Waals surface area contributed by atoms with Gasteiger partial charge in [0.05, 0.1) is 11.4 Å². The van der Waals surface area contributed by atoms with Crippen molar-refractivity contribution in [2.75, 3.05) is 25.0 Å². The van der Waals surface area contributed by atoms with Crippen molar-refractivity contribution in [3.8, 4) is 0 Å². The average molecular weight is 348 g/mol. The Kier molecular flexibility index (Phi) is 4.38. The first-order chi connectivity index (χ1) is 11.3. The zero-order valence-electron chi connectivity index (χ0n) is 14.9. The van der Waals surface area contributed by atoms with Crippen LogP contribution in [-0.4, -0.2) is 52.7 Å². The molecule has 2 aromatic rings. The number of amides is 1. The molecule has 3 heterocycles. The molecular weight excluding hydrogens is 324 g/mol. The summed E-state index contributed by atoms with van der Waals surface area (Å²) in [7, 11) is 1.81. The van der Waals surface area contributed by atoms with Gasteiger partial charge in [-0.1, -0.05) is 0 Å². The van der Waals surface area contributed by atoms with Crippen LogP contribution in [0.1, 0.15) is 32.8 Å². The van der Waals surface area contributed by atoms with Gasteiger partial charge in [-0.15, -0.1) is 11.3 Å². The summed E-state index contributed by atoms with van der Waals surface area (Å²) in [5.41, 5.74) is 0.727. The normalized spacial score (nSPS) is 18.2. The Labute approximate surface area is 146 Å². The lowest BCUT2D eigenvalue weighted by atomic mass is 10.2. The number of hydrogen-bond acceptors (Lipinski definition) is 6. The fourth-order valence-electron chi connectivity index (χ4n) is 2.97. The van der Waals surface area contributed by atoms with E-state index in [2.05, 4.69) is 27.2 Å². The Morgan fingerprint density at radius 1 is 1.42 bits per heavy atom. The molecule has 2 aromatic heterocycles. The summed E-state index contributed by atoms with van der Waals surface area (Å²) in [6.07, 6.45) is 2.26. The van der Waals surface area contributed by atoms with Gasteiger partial charge in [-0.25, -0.2) is 14.8 Å². The largest absolute Gasteiger partial charge is 0.444 e. The Morgan fingerprint density at radius 2 is 2.17 bits per heavy atom. The van der Waals surface area contributed by atoms with Crippen LogP contribution in [0.5, 0.6) is 0 Å². The molecule has 0 saturated carbocycles. The summed E-state index contributed by atoms with van der Waals surface area (Å²) < 4.78 is 5.47. The third-order valence-corrected chi connectivity index (χ3v) is 5.23. The molecule has 0 aliphatic carbocycles. The molecule has 1 aliphatic rings. The number of aromatic nitrogens is 2. The van der Waals surface area contributed by atoms with E-state index in [0.717, 1.165) is 35.5 Å². The third-order valence-electron chi connectivity index (χ3n) is 4.23. The Morgan fingerprint density at radius 3 is 2.88 bits per heavy atom. The lowest BCUT2D eigenvalue weighted by molar-refractivity contribution is 0.0238. The van der Waals surface area contributed by atoms with E-state index in [4.69, 9.17) is 4.74 Å². The molecule has 1 unspecified atom stereocenters. The summed E-state index contributed by atoms with van der Waals surface area (Å²) in [6, 6.07) is 0.129. The van der Waals surface area contributed by atoms with Gasteiger partial charge in [-0.2, -0.15) is 0 Å². The number of carbonyl (C=O) groups excluding carboxylic acids is 1. The molecule has 1 fully saturated rings. The number of hydrogen-bond donors (Lipinski definition) is 0. The van der Waals surface area contributed by atoms with E-state index < -0.39 is 5.60 Å². The van der Waals surface area contributed by atoms with Crippen molar-refractivity contribution in [2.45, 2.75) is 45.8 Å². The number of carbonyl (C=O) groups is 1. The van der Waals surface area contributed by atoms with E-state index in [1.54, 1.807) is 22.6 Å². The number of nitrogens with zero attached hydrogens (tertiary/aromatic N) is 4. The predicted octanol–water partition coefficient (Wildman–Crippen LogP) is 3.45. The van der Waals surface area contributed by atoms with Crippen molar-refractivity contribution in [2.24, 2.45) is 0 Å². The third kappa shape index (κ3) is 3.31. The lowest BCUT2D eigenvalue weighted by Crippen LogP contribution is -2.42. The first-order valence-corrected chi connectivity index (χ1v) is 9.04. The molecule has 1 amide bonds. The molecule has 7 heteroatoms. The first kappa shape index (κ1) is 17.0. The SMILES string of the molecule is Cc1csc2ncnc(N3CCC(N(C)C(=O)OC(C)(C)C)C3)c12. The van der Waals surface area contributed by atoms with Crippen molar-refractivity contribution >= 4 is 33.5 Å². The topological polar surface area (TPSA) is 58.6 Å². The van der Waals surface area contributed by atoms with Gasteiger partial charge in [0.15, 0.2) is 0 Å². The predicted molar refractivity (Wildman–Crippen MR) is 96.8 cm³/mol. The van der Waals surface area contributed by atoms with E-state index in [0.29, 0.717) is 0 Å². The highest BCUT2D eigenvalue weighted by Gasteiger charge is 2.32. The summed E-state index contributed by atoms with van der Waals surface area (Å²) in [6.45, 7) is 9.38. The van der Waals surface area contributed by atoms with Crippen LogP contribution in [-0.2, 0) is 4.74 Å². The number of fused-ring (bicyclic) bond motifs is 1. The maximum Gasteiger partial charge on any atom is 0.410 e. The van der Waals surface area contributed by atoms with Gasteiger partial charge in [0, 0.05) is 20.1 Å². The number of ether oxygens (including phenoxy) is 1. The number of thiophene rings is 1. The zero-order chi connectivity index (χ0) is 17.5. The highest BCUT2D eigenvalue weighted by atomic mass is 32.1. The van der Waals surface area contributed by atoms with Crippen molar-refractivity contribution in [1.29, 1.82) is 0 Å². The van der Waals surface area contributed by atoms with Crippen LogP contribution in [0, 0.1) is 6.92 Å². The Balaban J connectivity index is 1.75. The molecule has 0 spiro atoms. The van der Waals surface area contributed by atoms with Gasteiger partial charge in [-0.05, 0) is 45.1 Å². The Bertz CT molecular complexity index is 753. The van der Waals surface area contributed by atoms with Crippen LogP contribution in [0.25, 0.3) is 10.2 Å². The summed E-state index contributed by atoms with van der Waals surface area (Å²) in [4.78, 5) is 26.1. The van der Waals surface area contributed by atoms with E-state index in [9.17, 15) is 4.79 Å². The summed E-state index contributed by atoms with van der Waals surface area (Å²) >= 11 is 1.64. The van der Waals surface area contributed by atoms with Crippen LogP contribution >= 0.6 is 11.3 Å². The van der Waals surface area contributed by atoms with Gasteiger partial charge in [0.25, 0.3) is 0 Å². The van der Waals surface area contributed by atoms with Crippen LogP contribution in [0.3, 0.4) is 0 Å². The van der Waals surface area contributed by atoms with Crippen molar-refractivity contribution in [3.63, 3.8) is 0 Å². The molecule has 0 bridgehead atoms. The maximum absolute atomic E-state index is 12.3. The minimum absolute atomic E-state index is 0.129. The van der Waals surface area contributed by atoms with E-state index in [-0.39, 0.29) is 12.1 Å². The highest BCUT2D eigenvalue weighted by molar-refractivity contribution is 7.17. The molecule has 3 rings (SSSR count). The monoisotopic (exact) mass is 348 g/mol. The molecule has 0 aromatic carbocycles. The van der Waals surface area contributed by atoms with Crippen molar-refractivity contribution < 1.29 is 9.53 Å². The van der Waals surface area contributed by atoms with Gasteiger partial charge in [0.2, 0.25) is 0 Å². The average Bonchev–Trinajstić information content (AvgIpc) is 3.12. The second kappa shape index (κ2) is 6.20. The summed E-state index contributed by atoms with van der Waals surface area (Å²) in [5.74, 6) is 0.971. The Hall–Kier alpha value is -1.89. The van der Waals surface area contributed by atoms with Crippen molar-refractivity contribution in [1.82, 2.24) is 14.9 Å². The fourth-order valence-corrected chi connectivity index (χ4v) is 3.86. The number of anilines is 1. The van der Waals surface area contributed by atoms with Gasteiger partial charge < -0.3 is 14.5 Å². The maximum atomic E-state index is 12.3. The molecule has 1 aliphatic heterocycles. The second-order valence-electron chi connectivity index (χ2n) is 7.28. The lowest BCUT2D eigenvalue weighted by Gasteiger charge is -2.28. The van der Waals surface area contributed by atoms with Gasteiger partial charge >= 0.3 is 6.09 Å². The number of aryl methyl sites for hydroxylation is 1. The fraction of sp³-hybridized carbons (Fsp3) is 0.588. The van der Waals surface area contributed by atoms with E-state index in [1.807, 2.05) is 27.8 Å². The molecule has 0 radical (unpaired) electrons. The molecule has 24 heavy (non-hydrogen) atoms. The highest BCUT2D eigenvalue weighted by Crippen LogP contribution is 2.33. The molecule has 130 valence electrons. The second-order valence-corrected chi connectivity index (χ2v) is 8.13. The molecule has 1 atom stereocenters. The van der Waals surface area contributed by atoms with Crippen LogP contribution in [0.15, 0.2) is 11.7 Å². The molecule has 6 nitrogen and oxygen atoms in total. The van der Waals surface area contributed by atoms with Crippen molar-refractivity contribution in [3.05, 3.63) is 17.3 Å². The first-order valence-electron chi connectivity index (χ1n) is 8.16. The zero-order valence-corrected chi connectivity index (χ0v) is 15.7. The molecule has 1 saturated heterocycles. The van der Waals surface area contributed by atoms with E-state index in [1.165, 1.54) is 5.56 Å². The van der Waals surface area contributed by atoms with Crippen LogP contribution < -0.4 is 4.90 Å². The number of rotatable bonds is 2. The summed E-state index contributed by atoms with van der Waals surface area (Å²) in [5, 5.41) is 3.24. The molecular formula is C17H24N4O2S. The number of likely N-dealkylation sites (N-methyl/N-ethyl adjacent to an activating group) is 1. The quantitative estimate of drug-likeness (QED) is 0.832.